The molecular weight excluding hydrogens is 315 g/mol. The fourth-order valence-electron chi connectivity index (χ4n) is 2.13. The molecular formula is C18H14ClFN2O. The number of nitrogens with one attached hydrogen (secondary N) is 1. The molecule has 23 heavy (non-hydrogen) atoms. The van der Waals surface area contributed by atoms with Crippen LogP contribution in [0.2, 0.25) is 5.02 Å². The van der Waals surface area contributed by atoms with Crippen LogP contribution in [0.1, 0.15) is 24.1 Å². The Balaban J connectivity index is 2.18. The van der Waals surface area contributed by atoms with Crippen LogP contribution in [-0.4, -0.2) is 5.91 Å². The zero-order valence-electron chi connectivity index (χ0n) is 12.4. The molecule has 2 aromatic carbocycles. The number of nitrogens with zero attached hydrogens (tertiary/aromatic N) is 1. The number of nitriles is 1. The lowest BCUT2D eigenvalue weighted by Gasteiger charge is -2.12. The van der Waals surface area contributed by atoms with E-state index in [1.54, 1.807) is 31.2 Å². The fourth-order valence-corrected chi connectivity index (χ4v) is 2.41. The van der Waals surface area contributed by atoms with Crippen LogP contribution < -0.4 is 5.32 Å². The number of benzene rings is 2. The van der Waals surface area contributed by atoms with Gasteiger partial charge in [0.05, 0.1) is 6.07 Å². The molecule has 0 aliphatic heterocycles. The quantitative estimate of drug-likeness (QED) is 0.852. The van der Waals surface area contributed by atoms with Crippen LogP contribution in [0, 0.1) is 17.1 Å². The maximum Gasteiger partial charge on any atom is 0.245 e. The summed E-state index contributed by atoms with van der Waals surface area (Å²) >= 11 is 6.08. The van der Waals surface area contributed by atoms with Gasteiger partial charge in [-0.25, -0.2) is 4.39 Å². The van der Waals surface area contributed by atoms with Crippen molar-refractivity contribution in [2.24, 2.45) is 0 Å². The Labute approximate surface area is 139 Å². The van der Waals surface area contributed by atoms with E-state index < -0.39 is 17.8 Å². The van der Waals surface area contributed by atoms with E-state index in [4.69, 9.17) is 11.6 Å². The molecule has 0 spiro atoms. The molecule has 116 valence electrons. The number of hydrogen-bond acceptors (Lipinski definition) is 2. The molecule has 0 saturated heterocycles. The molecule has 1 atom stereocenters. The lowest BCUT2D eigenvalue weighted by Crippen LogP contribution is -2.26. The van der Waals surface area contributed by atoms with E-state index in [-0.39, 0.29) is 5.56 Å². The van der Waals surface area contributed by atoms with Crippen molar-refractivity contribution < 1.29 is 9.18 Å². The Morgan fingerprint density at radius 3 is 2.57 bits per heavy atom. The van der Waals surface area contributed by atoms with Crippen molar-refractivity contribution in [1.82, 2.24) is 5.32 Å². The van der Waals surface area contributed by atoms with Crippen LogP contribution in [0.4, 0.5) is 4.39 Å². The highest BCUT2D eigenvalue weighted by Gasteiger charge is 2.16. The summed E-state index contributed by atoms with van der Waals surface area (Å²) in [6.07, 6.45) is 1.34. The molecule has 1 amide bonds. The summed E-state index contributed by atoms with van der Waals surface area (Å²) in [7, 11) is 0. The molecule has 0 saturated carbocycles. The van der Waals surface area contributed by atoms with Gasteiger partial charge < -0.3 is 5.32 Å². The summed E-state index contributed by atoms with van der Waals surface area (Å²) in [5, 5.41) is 12.2. The predicted octanol–water partition coefficient (Wildman–Crippen LogP) is 4.26. The third-order valence-electron chi connectivity index (χ3n) is 3.28. The predicted molar refractivity (Wildman–Crippen MR) is 88.0 cm³/mol. The van der Waals surface area contributed by atoms with E-state index in [2.05, 4.69) is 5.32 Å². The van der Waals surface area contributed by atoms with Gasteiger partial charge in [-0.2, -0.15) is 5.26 Å². The summed E-state index contributed by atoms with van der Waals surface area (Å²) in [5.74, 6) is -1.02. The third-order valence-corrected chi connectivity index (χ3v) is 3.61. The minimum atomic E-state index is -1.06. The second-order valence-electron chi connectivity index (χ2n) is 4.90. The minimum absolute atomic E-state index is 0.132. The van der Waals surface area contributed by atoms with Gasteiger partial charge in [0, 0.05) is 16.7 Å². The van der Waals surface area contributed by atoms with E-state index in [0.717, 1.165) is 5.56 Å². The van der Waals surface area contributed by atoms with Gasteiger partial charge in [-0.3, -0.25) is 4.79 Å². The smallest absolute Gasteiger partial charge is 0.245 e. The van der Waals surface area contributed by atoms with Gasteiger partial charge in [0.25, 0.3) is 0 Å². The summed E-state index contributed by atoms with van der Waals surface area (Å²) in [6, 6.07) is 13.8. The third kappa shape index (κ3) is 4.18. The fraction of sp³-hybridized carbons (Fsp3) is 0.111. The van der Waals surface area contributed by atoms with E-state index in [1.165, 1.54) is 24.3 Å². The molecule has 0 radical (unpaired) electrons. The van der Waals surface area contributed by atoms with Gasteiger partial charge in [0.2, 0.25) is 5.91 Å². The zero-order valence-corrected chi connectivity index (χ0v) is 13.1. The first-order chi connectivity index (χ1) is 11.0. The Morgan fingerprint density at radius 1 is 1.26 bits per heavy atom. The topological polar surface area (TPSA) is 52.9 Å². The van der Waals surface area contributed by atoms with Gasteiger partial charge >= 0.3 is 0 Å². The molecule has 2 aromatic rings. The number of carbonyl (C=O) groups is 1. The Morgan fingerprint density at radius 2 is 1.91 bits per heavy atom. The molecule has 1 N–H and O–H groups in total. The Bertz CT molecular complexity index is 796. The molecule has 0 heterocycles. The van der Waals surface area contributed by atoms with Gasteiger partial charge in [0.1, 0.15) is 11.9 Å². The summed E-state index contributed by atoms with van der Waals surface area (Å²) in [4.78, 5) is 12.1. The average Bonchev–Trinajstić information content (AvgIpc) is 2.53. The molecule has 0 aromatic heterocycles. The minimum Gasteiger partial charge on any atom is -0.333 e. The van der Waals surface area contributed by atoms with Gasteiger partial charge in [0.15, 0.2) is 0 Å². The van der Waals surface area contributed by atoms with Crippen molar-refractivity contribution in [3.8, 4) is 6.07 Å². The summed E-state index contributed by atoms with van der Waals surface area (Å²) in [6.45, 7) is 1.74. The molecule has 2 rings (SSSR count). The maximum atomic E-state index is 13.7. The number of rotatable bonds is 4. The summed E-state index contributed by atoms with van der Waals surface area (Å²) in [5.41, 5.74) is 1.51. The molecule has 5 heteroatoms. The van der Waals surface area contributed by atoms with Crippen molar-refractivity contribution in [2.75, 3.05) is 0 Å². The van der Waals surface area contributed by atoms with Crippen LogP contribution in [-0.2, 0) is 4.79 Å². The van der Waals surface area contributed by atoms with Gasteiger partial charge in [-0.1, -0.05) is 48.0 Å². The largest absolute Gasteiger partial charge is 0.333 e. The maximum absolute atomic E-state index is 13.7. The second-order valence-corrected chi connectivity index (χ2v) is 5.31. The molecule has 1 unspecified atom stereocenters. The lowest BCUT2D eigenvalue weighted by atomic mass is 10.1. The first-order valence-electron chi connectivity index (χ1n) is 6.90. The first-order valence-corrected chi connectivity index (χ1v) is 7.28. The van der Waals surface area contributed by atoms with Crippen LogP contribution in [0.15, 0.2) is 54.6 Å². The highest BCUT2D eigenvalue weighted by Crippen LogP contribution is 2.23. The number of hydrogen-bond donors (Lipinski definition) is 1. The SMILES string of the molecule is C/C(=C/C(=O)NC(C#N)c1ccccc1F)c1ccccc1Cl. The van der Waals surface area contributed by atoms with Crippen LogP contribution in [0.25, 0.3) is 5.57 Å². The van der Waals surface area contributed by atoms with Gasteiger partial charge in [-0.15, -0.1) is 0 Å². The molecule has 3 nitrogen and oxygen atoms in total. The first kappa shape index (κ1) is 16.7. The highest BCUT2D eigenvalue weighted by molar-refractivity contribution is 6.32. The number of amides is 1. The van der Waals surface area contributed by atoms with Crippen molar-refractivity contribution in [3.05, 3.63) is 76.6 Å². The molecule has 0 fully saturated rings. The van der Waals surface area contributed by atoms with Crippen LogP contribution in [0.3, 0.4) is 0 Å². The average molecular weight is 329 g/mol. The Kier molecular flexibility index (Phi) is 5.51. The van der Waals surface area contributed by atoms with Crippen molar-refractivity contribution in [2.45, 2.75) is 13.0 Å². The lowest BCUT2D eigenvalue weighted by molar-refractivity contribution is -0.116. The normalized spacial score (nSPS) is 12.3. The standard InChI is InChI=1S/C18H14ClFN2O/c1-12(13-6-2-4-8-15(13)19)10-18(23)22-17(11-21)14-7-3-5-9-16(14)20/h2-10,17H,1H3,(H,22,23)/b12-10-. The Hall–Kier alpha value is -2.64. The zero-order chi connectivity index (χ0) is 16.8. The number of allylic oxidation sites excluding steroid dienone is 1. The van der Waals surface area contributed by atoms with Gasteiger partial charge in [-0.05, 0) is 30.2 Å². The second kappa shape index (κ2) is 7.57. The van der Waals surface area contributed by atoms with E-state index in [0.29, 0.717) is 10.6 Å². The molecule has 0 bridgehead atoms. The summed E-state index contributed by atoms with van der Waals surface area (Å²) < 4.78 is 13.7. The molecule has 0 aliphatic rings. The van der Waals surface area contributed by atoms with E-state index in [1.807, 2.05) is 12.1 Å². The highest BCUT2D eigenvalue weighted by atomic mass is 35.5. The van der Waals surface area contributed by atoms with Crippen molar-refractivity contribution >= 4 is 23.1 Å². The van der Waals surface area contributed by atoms with Crippen molar-refractivity contribution in [1.29, 1.82) is 5.26 Å². The molecule has 0 aliphatic carbocycles. The number of carbonyl (C=O) groups excluding carboxylic acids is 1. The number of halogens is 2. The van der Waals surface area contributed by atoms with E-state index in [9.17, 15) is 14.4 Å². The van der Waals surface area contributed by atoms with E-state index >= 15 is 0 Å². The van der Waals surface area contributed by atoms with Crippen LogP contribution >= 0.6 is 11.6 Å². The monoisotopic (exact) mass is 328 g/mol. The van der Waals surface area contributed by atoms with Crippen LogP contribution in [0.5, 0.6) is 0 Å². The van der Waals surface area contributed by atoms with Crippen molar-refractivity contribution in [3.63, 3.8) is 0 Å².